The Morgan fingerprint density at radius 2 is 2.07 bits per heavy atom. The monoisotopic (exact) mass is 200 g/mol. The number of esters is 1. The van der Waals surface area contributed by atoms with Crippen LogP contribution in [0.4, 0.5) is 0 Å². The second kappa shape index (κ2) is 6.02. The summed E-state index contributed by atoms with van der Waals surface area (Å²) in [5.41, 5.74) is 0. The topological polar surface area (TPSA) is 38.8 Å². The molecule has 1 fully saturated rings. The van der Waals surface area contributed by atoms with Crippen molar-refractivity contribution < 1.29 is 14.3 Å². The van der Waals surface area contributed by atoms with Gasteiger partial charge in [0.25, 0.3) is 0 Å². The minimum Gasteiger partial charge on any atom is -0.463 e. The molecule has 82 valence electrons. The summed E-state index contributed by atoms with van der Waals surface area (Å²) in [4.78, 5) is 11.2. The number of rotatable bonds is 7. The maximum Gasteiger partial charge on any atom is 0.305 e. The van der Waals surface area contributed by atoms with Crippen molar-refractivity contribution >= 4 is 5.97 Å². The largest absolute Gasteiger partial charge is 0.463 e. The SMILES string of the molecule is CCCCCC(=O)OCC1OC1CC. The van der Waals surface area contributed by atoms with E-state index < -0.39 is 0 Å². The molecule has 1 heterocycles. The quantitative estimate of drug-likeness (QED) is 0.359. The van der Waals surface area contributed by atoms with Crippen LogP contribution in [0.25, 0.3) is 0 Å². The third-order valence-corrected chi connectivity index (χ3v) is 2.48. The van der Waals surface area contributed by atoms with Crippen molar-refractivity contribution in [3.8, 4) is 0 Å². The molecule has 0 spiro atoms. The molecule has 14 heavy (non-hydrogen) atoms. The molecule has 2 unspecified atom stereocenters. The molecular weight excluding hydrogens is 180 g/mol. The van der Waals surface area contributed by atoms with Gasteiger partial charge in [0.1, 0.15) is 12.7 Å². The number of ether oxygens (including phenoxy) is 2. The number of carbonyl (C=O) groups is 1. The Morgan fingerprint density at radius 1 is 1.29 bits per heavy atom. The molecule has 0 bridgehead atoms. The molecule has 0 aliphatic carbocycles. The summed E-state index contributed by atoms with van der Waals surface area (Å²) in [6, 6.07) is 0. The van der Waals surface area contributed by atoms with E-state index in [0.29, 0.717) is 19.1 Å². The van der Waals surface area contributed by atoms with Crippen LogP contribution in [0.2, 0.25) is 0 Å². The Balaban J connectivity index is 1.93. The Labute approximate surface area is 85.8 Å². The van der Waals surface area contributed by atoms with Crippen LogP contribution < -0.4 is 0 Å². The lowest BCUT2D eigenvalue weighted by Crippen LogP contribution is -2.10. The first-order valence-corrected chi connectivity index (χ1v) is 5.59. The number of unbranched alkanes of at least 4 members (excludes halogenated alkanes) is 2. The average Bonchev–Trinajstić information content (AvgIpc) is 2.94. The van der Waals surface area contributed by atoms with Crippen LogP contribution in [-0.4, -0.2) is 24.8 Å². The molecule has 0 aromatic carbocycles. The van der Waals surface area contributed by atoms with Gasteiger partial charge in [-0.1, -0.05) is 26.7 Å². The second-order valence-electron chi connectivity index (χ2n) is 3.76. The van der Waals surface area contributed by atoms with Gasteiger partial charge in [0.05, 0.1) is 6.10 Å². The Bertz CT molecular complexity index is 179. The molecule has 2 atom stereocenters. The predicted molar refractivity (Wildman–Crippen MR) is 54.1 cm³/mol. The van der Waals surface area contributed by atoms with E-state index in [4.69, 9.17) is 9.47 Å². The third-order valence-electron chi connectivity index (χ3n) is 2.48. The first-order chi connectivity index (χ1) is 6.77. The van der Waals surface area contributed by atoms with Gasteiger partial charge in [0, 0.05) is 6.42 Å². The highest BCUT2D eigenvalue weighted by molar-refractivity contribution is 5.69. The van der Waals surface area contributed by atoms with Gasteiger partial charge in [0.15, 0.2) is 0 Å². The number of carbonyl (C=O) groups excluding carboxylic acids is 1. The number of hydrogen-bond acceptors (Lipinski definition) is 3. The zero-order valence-electron chi connectivity index (χ0n) is 9.12. The van der Waals surface area contributed by atoms with Gasteiger partial charge in [-0.3, -0.25) is 4.79 Å². The number of hydrogen-bond donors (Lipinski definition) is 0. The Hall–Kier alpha value is -0.570. The van der Waals surface area contributed by atoms with Crippen molar-refractivity contribution in [2.45, 2.75) is 58.2 Å². The lowest BCUT2D eigenvalue weighted by molar-refractivity contribution is -0.144. The van der Waals surface area contributed by atoms with Crippen LogP contribution in [0.1, 0.15) is 46.0 Å². The van der Waals surface area contributed by atoms with E-state index >= 15 is 0 Å². The lowest BCUT2D eigenvalue weighted by Gasteiger charge is -2.01. The average molecular weight is 200 g/mol. The summed E-state index contributed by atoms with van der Waals surface area (Å²) in [6.45, 7) is 4.65. The van der Waals surface area contributed by atoms with Crippen molar-refractivity contribution in [2.75, 3.05) is 6.61 Å². The smallest absolute Gasteiger partial charge is 0.305 e. The van der Waals surface area contributed by atoms with Crippen molar-refractivity contribution in [3.63, 3.8) is 0 Å². The molecule has 0 amide bonds. The fourth-order valence-corrected chi connectivity index (χ4v) is 1.45. The third kappa shape index (κ3) is 4.09. The van der Waals surface area contributed by atoms with Crippen molar-refractivity contribution in [3.05, 3.63) is 0 Å². The molecule has 0 saturated carbocycles. The molecule has 0 N–H and O–H groups in total. The summed E-state index contributed by atoms with van der Waals surface area (Å²) in [5, 5.41) is 0. The molecule has 0 radical (unpaired) electrons. The van der Waals surface area contributed by atoms with E-state index in [1.165, 1.54) is 0 Å². The van der Waals surface area contributed by atoms with Crippen LogP contribution in [0, 0.1) is 0 Å². The molecule has 1 aliphatic heterocycles. The van der Waals surface area contributed by atoms with E-state index in [-0.39, 0.29) is 12.1 Å². The van der Waals surface area contributed by atoms with E-state index in [9.17, 15) is 4.79 Å². The molecule has 1 rings (SSSR count). The molecule has 3 heteroatoms. The summed E-state index contributed by atoms with van der Waals surface area (Å²) in [6.07, 6.45) is 5.25. The maximum absolute atomic E-state index is 11.2. The van der Waals surface area contributed by atoms with Crippen molar-refractivity contribution in [1.29, 1.82) is 0 Å². The van der Waals surface area contributed by atoms with Gasteiger partial charge in [-0.2, -0.15) is 0 Å². The van der Waals surface area contributed by atoms with Gasteiger partial charge in [0.2, 0.25) is 0 Å². The van der Waals surface area contributed by atoms with Crippen LogP contribution >= 0.6 is 0 Å². The summed E-state index contributed by atoms with van der Waals surface area (Å²) >= 11 is 0. The van der Waals surface area contributed by atoms with E-state index in [2.05, 4.69) is 13.8 Å². The van der Waals surface area contributed by atoms with Crippen molar-refractivity contribution in [1.82, 2.24) is 0 Å². The molecule has 1 saturated heterocycles. The second-order valence-corrected chi connectivity index (χ2v) is 3.76. The molecule has 0 aromatic heterocycles. The highest BCUT2D eigenvalue weighted by atomic mass is 16.6. The van der Waals surface area contributed by atoms with Gasteiger partial charge in [-0.05, 0) is 12.8 Å². The Kier molecular flexibility index (Phi) is 4.94. The minimum absolute atomic E-state index is 0.0798. The fraction of sp³-hybridized carbons (Fsp3) is 0.909. The Morgan fingerprint density at radius 3 is 2.64 bits per heavy atom. The highest BCUT2D eigenvalue weighted by Gasteiger charge is 2.37. The van der Waals surface area contributed by atoms with Crippen LogP contribution in [0.5, 0.6) is 0 Å². The summed E-state index contributed by atoms with van der Waals surface area (Å²) in [5.74, 6) is -0.0798. The molecule has 1 aliphatic rings. The lowest BCUT2D eigenvalue weighted by atomic mass is 10.2. The first-order valence-electron chi connectivity index (χ1n) is 5.59. The first kappa shape index (κ1) is 11.5. The molecule has 0 aromatic rings. The standard InChI is InChI=1S/C11H20O3/c1-3-5-6-7-11(12)13-8-10-9(4-2)14-10/h9-10H,3-8H2,1-2H3. The van der Waals surface area contributed by atoms with Gasteiger partial charge in [-0.15, -0.1) is 0 Å². The summed E-state index contributed by atoms with van der Waals surface area (Å²) in [7, 11) is 0. The normalized spacial score (nSPS) is 24.7. The summed E-state index contributed by atoms with van der Waals surface area (Å²) < 4.78 is 10.3. The van der Waals surface area contributed by atoms with E-state index in [0.717, 1.165) is 25.7 Å². The maximum atomic E-state index is 11.2. The van der Waals surface area contributed by atoms with Gasteiger partial charge >= 0.3 is 5.97 Å². The van der Waals surface area contributed by atoms with Crippen molar-refractivity contribution in [2.24, 2.45) is 0 Å². The predicted octanol–water partition coefficient (Wildman–Crippen LogP) is 2.29. The zero-order valence-corrected chi connectivity index (χ0v) is 9.12. The van der Waals surface area contributed by atoms with Gasteiger partial charge < -0.3 is 9.47 Å². The fourth-order valence-electron chi connectivity index (χ4n) is 1.45. The van der Waals surface area contributed by atoms with E-state index in [1.807, 2.05) is 0 Å². The van der Waals surface area contributed by atoms with Gasteiger partial charge in [-0.25, -0.2) is 0 Å². The minimum atomic E-state index is -0.0798. The molecule has 3 nitrogen and oxygen atoms in total. The van der Waals surface area contributed by atoms with E-state index in [1.54, 1.807) is 0 Å². The highest BCUT2D eigenvalue weighted by Crippen LogP contribution is 2.24. The van der Waals surface area contributed by atoms with Crippen LogP contribution in [0.15, 0.2) is 0 Å². The zero-order chi connectivity index (χ0) is 10.4. The van der Waals surface area contributed by atoms with Crippen LogP contribution in [0.3, 0.4) is 0 Å². The molecular formula is C11H20O3. The van der Waals surface area contributed by atoms with Crippen LogP contribution in [-0.2, 0) is 14.3 Å². The number of epoxide rings is 1.